The molecule has 0 aliphatic heterocycles. The quantitative estimate of drug-likeness (QED) is 0.585. The minimum Gasteiger partial charge on any atom is -0.477 e. The van der Waals surface area contributed by atoms with Crippen molar-refractivity contribution in [1.29, 1.82) is 0 Å². The van der Waals surface area contributed by atoms with Crippen LogP contribution in [0.4, 0.5) is 0 Å². The van der Waals surface area contributed by atoms with Crippen LogP contribution in [0.5, 0.6) is 5.88 Å². The summed E-state index contributed by atoms with van der Waals surface area (Å²) in [6.45, 7) is 9.98. The van der Waals surface area contributed by atoms with Crippen molar-refractivity contribution in [3.63, 3.8) is 0 Å². The zero-order valence-corrected chi connectivity index (χ0v) is 10.1. The Morgan fingerprint density at radius 2 is 2.07 bits per heavy atom. The third-order valence-electron chi connectivity index (χ3n) is 1.92. The standard InChI is InChI=1S/C11H15ClN2O/c1-7(2)5-6-15-11-8(3)10(12)13-9(4)14-11/h1,5-6H2,2-4H3. The summed E-state index contributed by atoms with van der Waals surface area (Å²) < 4.78 is 5.51. The van der Waals surface area contributed by atoms with Gasteiger partial charge < -0.3 is 4.74 Å². The lowest BCUT2D eigenvalue weighted by atomic mass is 10.3. The molecule has 0 saturated carbocycles. The van der Waals surface area contributed by atoms with Crippen molar-refractivity contribution in [2.75, 3.05) is 6.61 Å². The lowest BCUT2D eigenvalue weighted by molar-refractivity contribution is 0.305. The van der Waals surface area contributed by atoms with E-state index in [1.54, 1.807) is 6.92 Å². The van der Waals surface area contributed by atoms with Crippen molar-refractivity contribution in [3.8, 4) is 5.88 Å². The van der Waals surface area contributed by atoms with Gasteiger partial charge in [0, 0.05) is 12.0 Å². The van der Waals surface area contributed by atoms with Crippen LogP contribution in [-0.2, 0) is 0 Å². The molecule has 82 valence electrons. The second kappa shape index (κ2) is 5.12. The first kappa shape index (κ1) is 12.0. The molecule has 0 spiro atoms. The number of rotatable bonds is 4. The first-order valence-corrected chi connectivity index (χ1v) is 5.16. The van der Waals surface area contributed by atoms with E-state index in [-0.39, 0.29) is 0 Å². The Balaban J connectivity index is 2.72. The van der Waals surface area contributed by atoms with Crippen molar-refractivity contribution >= 4 is 11.6 Å². The minimum absolute atomic E-state index is 0.452. The molecular formula is C11H15ClN2O. The highest BCUT2D eigenvalue weighted by Gasteiger charge is 2.07. The van der Waals surface area contributed by atoms with E-state index < -0.39 is 0 Å². The van der Waals surface area contributed by atoms with Crippen molar-refractivity contribution in [3.05, 3.63) is 28.7 Å². The maximum atomic E-state index is 5.91. The molecule has 1 aromatic rings. The van der Waals surface area contributed by atoms with E-state index in [9.17, 15) is 0 Å². The number of hydrogen-bond donors (Lipinski definition) is 0. The molecule has 0 saturated heterocycles. The van der Waals surface area contributed by atoms with Crippen LogP contribution in [-0.4, -0.2) is 16.6 Å². The summed E-state index contributed by atoms with van der Waals surface area (Å²) in [4.78, 5) is 8.22. The number of ether oxygens (including phenoxy) is 1. The van der Waals surface area contributed by atoms with Crippen LogP contribution < -0.4 is 4.74 Å². The van der Waals surface area contributed by atoms with Crippen molar-refractivity contribution in [1.82, 2.24) is 9.97 Å². The van der Waals surface area contributed by atoms with Gasteiger partial charge in [-0.3, -0.25) is 0 Å². The summed E-state index contributed by atoms with van der Waals surface area (Å²) in [6, 6.07) is 0. The largest absolute Gasteiger partial charge is 0.477 e. The van der Waals surface area contributed by atoms with Crippen molar-refractivity contribution in [2.45, 2.75) is 27.2 Å². The van der Waals surface area contributed by atoms with Crippen LogP contribution in [0, 0.1) is 13.8 Å². The van der Waals surface area contributed by atoms with Crippen LogP contribution in [0.3, 0.4) is 0 Å². The monoisotopic (exact) mass is 226 g/mol. The first-order valence-electron chi connectivity index (χ1n) is 4.78. The lowest BCUT2D eigenvalue weighted by Gasteiger charge is -2.09. The summed E-state index contributed by atoms with van der Waals surface area (Å²) in [5.74, 6) is 1.18. The molecule has 4 heteroatoms. The second-order valence-corrected chi connectivity index (χ2v) is 3.91. The Kier molecular flexibility index (Phi) is 4.09. The molecule has 15 heavy (non-hydrogen) atoms. The fourth-order valence-electron chi connectivity index (χ4n) is 1.03. The fraction of sp³-hybridized carbons (Fsp3) is 0.455. The highest BCUT2D eigenvalue weighted by molar-refractivity contribution is 6.30. The average molecular weight is 227 g/mol. The second-order valence-electron chi connectivity index (χ2n) is 3.55. The predicted octanol–water partition coefficient (Wildman–Crippen LogP) is 3.09. The molecule has 0 bridgehead atoms. The van der Waals surface area contributed by atoms with E-state index in [2.05, 4.69) is 16.5 Å². The molecule has 1 heterocycles. The van der Waals surface area contributed by atoms with Gasteiger partial charge in [0.05, 0.1) is 6.61 Å². The van der Waals surface area contributed by atoms with Gasteiger partial charge in [-0.05, 0) is 20.8 Å². The molecule has 1 aromatic heterocycles. The van der Waals surface area contributed by atoms with E-state index >= 15 is 0 Å². The van der Waals surface area contributed by atoms with Crippen LogP contribution >= 0.6 is 11.6 Å². The van der Waals surface area contributed by atoms with E-state index in [1.807, 2.05) is 13.8 Å². The molecular weight excluding hydrogens is 212 g/mol. The minimum atomic E-state index is 0.452. The van der Waals surface area contributed by atoms with Gasteiger partial charge in [-0.15, -0.1) is 6.58 Å². The Morgan fingerprint density at radius 3 is 2.67 bits per heavy atom. The zero-order valence-electron chi connectivity index (χ0n) is 9.30. The molecule has 0 radical (unpaired) electrons. The number of aromatic nitrogens is 2. The lowest BCUT2D eigenvalue weighted by Crippen LogP contribution is -2.03. The van der Waals surface area contributed by atoms with Gasteiger partial charge in [0.2, 0.25) is 5.88 Å². The predicted molar refractivity (Wildman–Crippen MR) is 61.4 cm³/mol. The number of hydrogen-bond acceptors (Lipinski definition) is 3. The van der Waals surface area contributed by atoms with Crippen LogP contribution in [0.1, 0.15) is 24.7 Å². The highest BCUT2D eigenvalue weighted by Crippen LogP contribution is 2.21. The Morgan fingerprint density at radius 1 is 1.40 bits per heavy atom. The van der Waals surface area contributed by atoms with Gasteiger partial charge in [-0.1, -0.05) is 17.2 Å². The topological polar surface area (TPSA) is 35.0 Å². The van der Waals surface area contributed by atoms with Gasteiger partial charge >= 0.3 is 0 Å². The molecule has 0 N–H and O–H groups in total. The molecule has 1 rings (SSSR count). The van der Waals surface area contributed by atoms with E-state index in [1.165, 1.54) is 0 Å². The van der Waals surface area contributed by atoms with E-state index in [4.69, 9.17) is 16.3 Å². The van der Waals surface area contributed by atoms with Crippen LogP contribution in [0.25, 0.3) is 0 Å². The van der Waals surface area contributed by atoms with Gasteiger partial charge in [0.1, 0.15) is 11.0 Å². The maximum absolute atomic E-state index is 5.91. The molecule has 0 atom stereocenters. The van der Waals surface area contributed by atoms with Crippen molar-refractivity contribution in [2.24, 2.45) is 0 Å². The summed E-state index contributed by atoms with van der Waals surface area (Å²) in [5, 5.41) is 0.452. The third-order valence-corrected chi connectivity index (χ3v) is 2.29. The molecule has 0 aliphatic rings. The molecule has 3 nitrogen and oxygen atoms in total. The van der Waals surface area contributed by atoms with Gasteiger partial charge in [0.15, 0.2) is 0 Å². The zero-order chi connectivity index (χ0) is 11.4. The van der Waals surface area contributed by atoms with E-state index in [0.29, 0.717) is 23.5 Å². The SMILES string of the molecule is C=C(C)CCOc1nc(C)nc(Cl)c1C. The third kappa shape index (κ3) is 3.51. The molecule has 0 aromatic carbocycles. The summed E-state index contributed by atoms with van der Waals surface area (Å²) in [7, 11) is 0. The Labute approximate surface area is 95.2 Å². The molecule has 0 aliphatic carbocycles. The van der Waals surface area contributed by atoms with Crippen LogP contribution in [0.15, 0.2) is 12.2 Å². The van der Waals surface area contributed by atoms with Gasteiger partial charge in [-0.2, -0.15) is 4.98 Å². The summed E-state index contributed by atoms with van der Waals surface area (Å²) in [5.41, 5.74) is 1.87. The smallest absolute Gasteiger partial charge is 0.221 e. The highest BCUT2D eigenvalue weighted by atomic mass is 35.5. The Bertz CT molecular complexity index is 377. The summed E-state index contributed by atoms with van der Waals surface area (Å²) >= 11 is 5.91. The molecule has 0 fully saturated rings. The number of nitrogens with zero attached hydrogens (tertiary/aromatic N) is 2. The first-order chi connectivity index (χ1) is 7.00. The molecule has 0 unspecified atom stereocenters. The Hall–Kier alpha value is -1.09. The van der Waals surface area contributed by atoms with Gasteiger partial charge in [-0.25, -0.2) is 4.98 Å². The number of halogens is 1. The van der Waals surface area contributed by atoms with Crippen LogP contribution in [0.2, 0.25) is 5.15 Å². The molecule has 0 amide bonds. The van der Waals surface area contributed by atoms with Crippen molar-refractivity contribution < 1.29 is 4.74 Å². The summed E-state index contributed by atoms with van der Waals surface area (Å²) in [6.07, 6.45) is 0.820. The maximum Gasteiger partial charge on any atom is 0.221 e. The van der Waals surface area contributed by atoms with E-state index in [0.717, 1.165) is 17.6 Å². The van der Waals surface area contributed by atoms with Gasteiger partial charge in [0.25, 0.3) is 0 Å². The number of aryl methyl sites for hydroxylation is 1. The average Bonchev–Trinajstić information content (AvgIpc) is 2.12. The normalized spacial score (nSPS) is 10.1. The fourth-order valence-corrected chi connectivity index (χ4v) is 1.24.